The van der Waals surface area contributed by atoms with Crippen molar-refractivity contribution >= 4 is 17.5 Å². The molecule has 3 rings (SSSR count). The fourth-order valence-corrected chi connectivity index (χ4v) is 3.70. The highest BCUT2D eigenvalue weighted by molar-refractivity contribution is 5.98. The first-order valence-electron chi connectivity index (χ1n) is 10.4. The third-order valence-electron chi connectivity index (χ3n) is 5.54. The number of amides is 2. The Hall–Kier alpha value is -3.17. The maximum absolute atomic E-state index is 13.9. The van der Waals surface area contributed by atoms with Gasteiger partial charge in [0.1, 0.15) is 23.2 Å². The Morgan fingerprint density at radius 1 is 0.939 bits per heavy atom. The molecule has 10 heteroatoms. The van der Waals surface area contributed by atoms with Crippen molar-refractivity contribution in [1.82, 2.24) is 10.2 Å². The van der Waals surface area contributed by atoms with Crippen LogP contribution in [-0.4, -0.2) is 48.9 Å². The normalized spacial score (nSPS) is 15.5. The molecule has 1 aliphatic rings. The molecule has 1 saturated heterocycles. The Morgan fingerprint density at radius 3 is 2.06 bits per heavy atom. The van der Waals surface area contributed by atoms with Crippen molar-refractivity contribution < 1.29 is 31.5 Å². The highest BCUT2D eigenvalue weighted by Gasteiger charge is 2.33. The predicted octanol–water partition coefficient (Wildman–Crippen LogP) is 4.09. The number of halogens is 5. The van der Waals surface area contributed by atoms with E-state index in [0.717, 1.165) is 30.3 Å². The Morgan fingerprint density at radius 2 is 1.52 bits per heavy atom. The third kappa shape index (κ3) is 5.61. The van der Waals surface area contributed by atoms with E-state index in [0.29, 0.717) is 18.8 Å². The summed E-state index contributed by atoms with van der Waals surface area (Å²) in [5.74, 6) is -3.87. The standard InChI is InChI=1S/C23H24F5N3O2/c1-14(2)20(29-21(32)19-17(24)7-4-8-18(19)25)22(33)31-11-9-30(10-12-31)16-6-3-5-15(13-16)23(26,27)28/h3-8,13-14,20H,9-12H2,1-2H3,(H,29,32)/t20-/m1/s1. The maximum Gasteiger partial charge on any atom is 0.416 e. The number of rotatable bonds is 5. The van der Waals surface area contributed by atoms with Crippen LogP contribution in [0.15, 0.2) is 42.5 Å². The molecule has 178 valence electrons. The molecular weight excluding hydrogens is 445 g/mol. The van der Waals surface area contributed by atoms with E-state index in [1.165, 1.54) is 11.0 Å². The number of hydrogen-bond acceptors (Lipinski definition) is 3. The van der Waals surface area contributed by atoms with Gasteiger partial charge >= 0.3 is 6.18 Å². The number of alkyl halides is 3. The van der Waals surface area contributed by atoms with E-state index in [4.69, 9.17) is 0 Å². The Labute approximate surface area is 188 Å². The quantitative estimate of drug-likeness (QED) is 0.672. The van der Waals surface area contributed by atoms with E-state index in [9.17, 15) is 31.5 Å². The molecule has 0 aromatic heterocycles. The lowest BCUT2D eigenvalue weighted by molar-refractivity contribution is -0.137. The SMILES string of the molecule is CC(C)[C@@H](NC(=O)c1c(F)cccc1F)C(=O)N1CCN(c2cccc(C(F)(F)F)c2)CC1. The van der Waals surface area contributed by atoms with Crippen LogP contribution in [-0.2, 0) is 11.0 Å². The predicted molar refractivity (Wildman–Crippen MR) is 113 cm³/mol. The molecular formula is C23H24F5N3O2. The largest absolute Gasteiger partial charge is 0.416 e. The summed E-state index contributed by atoms with van der Waals surface area (Å²) in [6.07, 6.45) is -4.45. The van der Waals surface area contributed by atoms with E-state index in [1.807, 2.05) is 0 Å². The first-order valence-corrected chi connectivity index (χ1v) is 10.4. The second-order valence-electron chi connectivity index (χ2n) is 8.15. The molecule has 1 aliphatic heterocycles. The van der Waals surface area contributed by atoms with Crippen LogP contribution in [0.2, 0.25) is 0 Å². The number of carbonyl (C=O) groups excluding carboxylic acids is 2. The lowest BCUT2D eigenvalue weighted by Crippen LogP contribution is -2.56. The molecule has 0 unspecified atom stereocenters. The number of anilines is 1. The van der Waals surface area contributed by atoms with Gasteiger partial charge in [0.25, 0.3) is 5.91 Å². The Balaban J connectivity index is 1.67. The van der Waals surface area contributed by atoms with Gasteiger partial charge in [0.05, 0.1) is 5.56 Å². The molecule has 1 fully saturated rings. The molecule has 1 N–H and O–H groups in total. The maximum atomic E-state index is 13.9. The molecule has 0 aliphatic carbocycles. The summed E-state index contributed by atoms with van der Waals surface area (Å²) in [4.78, 5) is 28.8. The first-order chi connectivity index (χ1) is 15.5. The van der Waals surface area contributed by atoms with Gasteiger partial charge < -0.3 is 15.1 Å². The van der Waals surface area contributed by atoms with Crippen molar-refractivity contribution in [2.75, 3.05) is 31.1 Å². The minimum atomic E-state index is -4.45. The summed E-state index contributed by atoms with van der Waals surface area (Å²) in [5, 5.41) is 2.43. The molecule has 2 aromatic rings. The minimum absolute atomic E-state index is 0.224. The number of hydrogen-bond donors (Lipinski definition) is 1. The molecule has 2 amide bonds. The number of carbonyl (C=O) groups is 2. The van der Waals surface area contributed by atoms with Crippen LogP contribution in [0.3, 0.4) is 0 Å². The van der Waals surface area contributed by atoms with Gasteiger partial charge in [-0.05, 0) is 36.2 Å². The van der Waals surface area contributed by atoms with E-state index >= 15 is 0 Å². The molecule has 0 spiro atoms. The molecule has 0 radical (unpaired) electrons. The van der Waals surface area contributed by atoms with E-state index in [1.54, 1.807) is 24.8 Å². The van der Waals surface area contributed by atoms with Crippen molar-refractivity contribution in [1.29, 1.82) is 0 Å². The Kier molecular flexibility index (Phi) is 7.24. The van der Waals surface area contributed by atoms with Crippen molar-refractivity contribution in [3.63, 3.8) is 0 Å². The van der Waals surface area contributed by atoms with E-state index in [2.05, 4.69) is 5.32 Å². The van der Waals surface area contributed by atoms with Crippen LogP contribution >= 0.6 is 0 Å². The monoisotopic (exact) mass is 469 g/mol. The smallest absolute Gasteiger partial charge is 0.368 e. The van der Waals surface area contributed by atoms with Gasteiger partial charge in [0.2, 0.25) is 5.91 Å². The van der Waals surface area contributed by atoms with Crippen molar-refractivity contribution in [3.05, 3.63) is 65.2 Å². The summed E-state index contributed by atoms with van der Waals surface area (Å²) in [5.41, 5.74) is -1.10. The second kappa shape index (κ2) is 9.76. The van der Waals surface area contributed by atoms with Crippen LogP contribution in [0.25, 0.3) is 0 Å². The lowest BCUT2D eigenvalue weighted by Gasteiger charge is -2.38. The van der Waals surface area contributed by atoms with Crippen LogP contribution in [0.4, 0.5) is 27.6 Å². The minimum Gasteiger partial charge on any atom is -0.368 e. The number of nitrogens with zero attached hydrogens (tertiary/aromatic N) is 2. The summed E-state index contributed by atoms with van der Waals surface area (Å²) < 4.78 is 66.9. The van der Waals surface area contributed by atoms with Crippen LogP contribution in [0.1, 0.15) is 29.8 Å². The summed E-state index contributed by atoms with van der Waals surface area (Å²) in [6.45, 7) is 4.44. The average Bonchev–Trinajstić information content (AvgIpc) is 2.76. The zero-order chi connectivity index (χ0) is 24.3. The molecule has 33 heavy (non-hydrogen) atoms. The van der Waals surface area contributed by atoms with Gasteiger partial charge in [-0.2, -0.15) is 13.2 Å². The lowest BCUT2D eigenvalue weighted by atomic mass is 10.0. The van der Waals surface area contributed by atoms with E-state index < -0.39 is 46.8 Å². The highest BCUT2D eigenvalue weighted by atomic mass is 19.4. The highest BCUT2D eigenvalue weighted by Crippen LogP contribution is 2.32. The zero-order valence-electron chi connectivity index (χ0n) is 18.1. The summed E-state index contributed by atoms with van der Waals surface area (Å²) >= 11 is 0. The van der Waals surface area contributed by atoms with Gasteiger partial charge in [-0.15, -0.1) is 0 Å². The van der Waals surface area contributed by atoms with Crippen molar-refractivity contribution in [2.45, 2.75) is 26.1 Å². The van der Waals surface area contributed by atoms with Gasteiger partial charge in [-0.1, -0.05) is 26.0 Å². The second-order valence-corrected chi connectivity index (χ2v) is 8.15. The van der Waals surface area contributed by atoms with Gasteiger partial charge in [0.15, 0.2) is 0 Å². The summed E-state index contributed by atoms with van der Waals surface area (Å²) in [6, 6.07) is 7.01. The van der Waals surface area contributed by atoms with Crippen LogP contribution in [0, 0.1) is 17.6 Å². The molecule has 2 aromatic carbocycles. The molecule has 0 bridgehead atoms. The van der Waals surface area contributed by atoms with Gasteiger partial charge in [-0.3, -0.25) is 9.59 Å². The molecule has 1 heterocycles. The van der Waals surface area contributed by atoms with E-state index in [-0.39, 0.29) is 19.0 Å². The number of benzene rings is 2. The van der Waals surface area contributed by atoms with Crippen molar-refractivity contribution in [3.8, 4) is 0 Å². The topological polar surface area (TPSA) is 52.7 Å². The first kappa shape index (κ1) is 24.5. The fraction of sp³-hybridized carbons (Fsp3) is 0.391. The zero-order valence-corrected chi connectivity index (χ0v) is 18.1. The Bertz CT molecular complexity index is 997. The number of piperazine rings is 1. The van der Waals surface area contributed by atoms with Gasteiger partial charge in [0, 0.05) is 31.9 Å². The van der Waals surface area contributed by atoms with Crippen LogP contribution in [0.5, 0.6) is 0 Å². The molecule has 5 nitrogen and oxygen atoms in total. The summed E-state index contributed by atoms with van der Waals surface area (Å²) in [7, 11) is 0. The number of nitrogens with one attached hydrogen (secondary N) is 1. The average molecular weight is 469 g/mol. The molecule has 1 atom stereocenters. The van der Waals surface area contributed by atoms with Gasteiger partial charge in [-0.25, -0.2) is 8.78 Å². The molecule has 0 saturated carbocycles. The van der Waals surface area contributed by atoms with Crippen molar-refractivity contribution in [2.24, 2.45) is 5.92 Å². The van der Waals surface area contributed by atoms with Crippen LogP contribution < -0.4 is 10.2 Å². The third-order valence-corrected chi connectivity index (χ3v) is 5.54. The fourth-order valence-electron chi connectivity index (χ4n) is 3.70.